The molecule has 0 saturated heterocycles. The Morgan fingerprint density at radius 2 is 1.71 bits per heavy atom. The van der Waals surface area contributed by atoms with Crippen LogP contribution >= 0.6 is 27.7 Å². The lowest BCUT2D eigenvalue weighted by molar-refractivity contribution is 0.797. The van der Waals surface area contributed by atoms with E-state index in [2.05, 4.69) is 52.3 Å². The first-order chi connectivity index (χ1) is 8.16. The molecule has 0 heterocycles. The van der Waals surface area contributed by atoms with E-state index >= 15 is 0 Å². The molecule has 0 amide bonds. The fourth-order valence-corrected chi connectivity index (χ4v) is 2.89. The highest BCUT2D eigenvalue weighted by molar-refractivity contribution is 9.10. The van der Waals surface area contributed by atoms with Crippen LogP contribution in [0.15, 0.2) is 62.8 Å². The van der Waals surface area contributed by atoms with E-state index in [0.29, 0.717) is 0 Å². The molecule has 0 bridgehead atoms. The van der Waals surface area contributed by atoms with Gasteiger partial charge < -0.3 is 5.73 Å². The monoisotopic (exact) mass is 307 g/mol. The predicted octanol–water partition coefficient (Wildman–Crippen LogP) is 4.62. The molecule has 0 unspecified atom stereocenters. The Bertz CT molecular complexity index is 494. The highest BCUT2D eigenvalue weighted by Crippen LogP contribution is 2.33. The first kappa shape index (κ1) is 12.7. The Labute approximate surface area is 115 Å². The summed E-state index contributed by atoms with van der Waals surface area (Å²) < 4.78 is 1.10. The van der Waals surface area contributed by atoms with Crippen LogP contribution in [-0.4, -0.2) is 0 Å². The summed E-state index contributed by atoms with van der Waals surface area (Å²) in [5, 5.41) is 0. The van der Waals surface area contributed by atoms with E-state index in [0.717, 1.165) is 4.47 Å². The van der Waals surface area contributed by atoms with E-state index in [1.165, 1.54) is 15.4 Å². The van der Waals surface area contributed by atoms with Crippen molar-refractivity contribution >= 4 is 27.7 Å². The third kappa shape index (κ3) is 3.35. The number of rotatable bonds is 3. The third-order valence-corrected chi connectivity index (χ3v) is 4.08. The lowest BCUT2D eigenvalue weighted by Crippen LogP contribution is -2.05. The Morgan fingerprint density at radius 1 is 1.06 bits per heavy atom. The molecule has 1 nitrogen and oxygen atoms in total. The summed E-state index contributed by atoms with van der Waals surface area (Å²) in [6.07, 6.45) is 0. The van der Waals surface area contributed by atoms with Gasteiger partial charge in [0, 0.05) is 20.3 Å². The SMILES string of the molecule is C[C@H](N)c1ccccc1Sc1ccc(Br)cc1. The van der Waals surface area contributed by atoms with Crippen LogP contribution in [0.5, 0.6) is 0 Å². The van der Waals surface area contributed by atoms with Gasteiger partial charge in [-0.1, -0.05) is 45.9 Å². The second-order valence-electron chi connectivity index (χ2n) is 3.88. The fourth-order valence-electron chi connectivity index (χ4n) is 1.58. The highest BCUT2D eigenvalue weighted by Gasteiger charge is 2.07. The summed E-state index contributed by atoms with van der Waals surface area (Å²) in [5.74, 6) is 0. The minimum absolute atomic E-state index is 0.0640. The van der Waals surface area contributed by atoms with Crippen LogP contribution in [0.25, 0.3) is 0 Å². The molecule has 1 atom stereocenters. The van der Waals surface area contributed by atoms with Crippen molar-refractivity contribution in [1.29, 1.82) is 0 Å². The summed E-state index contributed by atoms with van der Waals surface area (Å²) in [5.41, 5.74) is 7.17. The molecule has 2 rings (SSSR count). The Hall–Kier alpha value is -0.770. The van der Waals surface area contributed by atoms with Crippen molar-refractivity contribution in [3.05, 3.63) is 58.6 Å². The summed E-state index contributed by atoms with van der Waals surface area (Å²) in [6.45, 7) is 2.01. The molecule has 17 heavy (non-hydrogen) atoms. The Morgan fingerprint density at radius 3 is 2.35 bits per heavy atom. The van der Waals surface area contributed by atoms with Gasteiger partial charge in [0.25, 0.3) is 0 Å². The van der Waals surface area contributed by atoms with Gasteiger partial charge in [-0.15, -0.1) is 0 Å². The van der Waals surface area contributed by atoms with Crippen LogP contribution in [0.2, 0.25) is 0 Å². The zero-order valence-electron chi connectivity index (χ0n) is 9.56. The van der Waals surface area contributed by atoms with Crippen molar-refractivity contribution in [2.75, 3.05) is 0 Å². The fraction of sp³-hybridized carbons (Fsp3) is 0.143. The predicted molar refractivity (Wildman–Crippen MR) is 77.3 cm³/mol. The average molecular weight is 308 g/mol. The zero-order valence-corrected chi connectivity index (χ0v) is 12.0. The molecule has 2 aromatic carbocycles. The number of hydrogen-bond donors (Lipinski definition) is 1. The van der Waals surface area contributed by atoms with E-state index in [9.17, 15) is 0 Å². The molecule has 0 spiro atoms. The van der Waals surface area contributed by atoms with Gasteiger partial charge in [-0.25, -0.2) is 0 Å². The van der Waals surface area contributed by atoms with Crippen LogP contribution in [0.4, 0.5) is 0 Å². The van der Waals surface area contributed by atoms with E-state index < -0.39 is 0 Å². The van der Waals surface area contributed by atoms with Crippen molar-refractivity contribution in [3.63, 3.8) is 0 Å². The van der Waals surface area contributed by atoms with Gasteiger partial charge in [-0.2, -0.15) is 0 Å². The van der Waals surface area contributed by atoms with Crippen LogP contribution in [0, 0.1) is 0 Å². The minimum Gasteiger partial charge on any atom is -0.324 e. The maximum Gasteiger partial charge on any atom is 0.0277 e. The second-order valence-corrected chi connectivity index (χ2v) is 5.91. The number of hydrogen-bond acceptors (Lipinski definition) is 2. The first-order valence-electron chi connectivity index (χ1n) is 5.45. The number of nitrogens with two attached hydrogens (primary N) is 1. The van der Waals surface area contributed by atoms with Crippen molar-refractivity contribution in [1.82, 2.24) is 0 Å². The van der Waals surface area contributed by atoms with Gasteiger partial charge in [0.15, 0.2) is 0 Å². The van der Waals surface area contributed by atoms with Crippen LogP contribution < -0.4 is 5.73 Å². The Balaban J connectivity index is 2.26. The first-order valence-corrected chi connectivity index (χ1v) is 7.05. The Kier molecular flexibility index (Phi) is 4.26. The molecule has 0 aliphatic carbocycles. The largest absolute Gasteiger partial charge is 0.324 e. The summed E-state index contributed by atoms with van der Waals surface area (Å²) in [4.78, 5) is 2.45. The molecule has 0 saturated carbocycles. The average Bonchev–Trinajstić information content (AvgIpc) is 2.32. The number of benzene rings is 2. The number of halogens is 1. The molecule has 2 N–H and O–H groups in total. The molecular formula is C14H14BrNS. The van der Waals surface area contributed by atoms with E-state index in [-0.39, 0.29) is 6.04 Å². The normalized spacial score (nSPS) is 12.4. The van der Waals surface area contributed by atoms with Crippen molar-refractivity contribution < 1.29 is 0 Å². The summed E-state index contributed by atoms with van der Waals surface area (Å²) >= 11 is 5.19. The molecular weight excluding hydrogens is 294 g/mol. The van der Waals surface area contributed by atoms with E-state index in [1.807, 2.05) is 19.1 Å². The van der Waals surface area contributed by atoms with Crippen LogP contribution in [-0.2, 0) is 0 Å². The third-order valence-electron chi connectivity index (χ3n) is 2.45. The van der Waals surface area contributed by atoms with E-state index in [4.69, 9.17) is 5.73 Å². The topological polar surface area (TPSA) is 26.0 Å². The lowest BCUT2D eigenvalue weighted by Gasteiger charge is -2.11. The maximum atomic E-state index is 5.97. The van der Waals surface area contributed by atoms with Gasteiger partial charge in [-0.3, -0.25) is 0 Å². The van der Waals surface area contributed by atoms with Crippen LogP contribution in [0.1, 0.15) is 18.5 Å². The lowest BCUT2D eigenvalue weighted by atomic mass is 10.1. The minimum atomic E-state index is 0.0640. The highest BCUT2D eigenvalue weighted by atomic mass is 79.9. The summed E-state index contributed by atoms with van der Waals surface area (Å²) in [6, 6.07) is 16.7. The van der Waals surface area contributed by atoms with Gasteiger partial charge in [0.1, 0.15) is 0 Å². The molecule has 0 radical (unpaired) electrons. The second kappa shape index (κ2) is 5.71. The van der Waals surface area contributed by atoms with E-state index in [1.54, 1.807) is 11.8 Å². The van der Waals surface area contributed by atoms with Crippen molar-refractivity contribution in [2.45, 2.75) is 22.8 Å². The zero-order chi connectivity index (χ0) is 12.3. The molecule has 0 aromatic heterocycles. The van der Waals surface area contributed by atoms with Gasteiger partial charge in [-0.05, 0) is 42.8 Å². The molecule has 0 aliphatic heterocycles. The van der Waals surface area contributed by atoms with Gasteiger partial charge in [0.2, 0.25) is 0 Å². The van der Waals surface area contributed by atoms with Crippen molar-refractivity contribution in [3.8, 4) is 0 Å². The van der Waals surface area contributed by atoms with Gasteiger partial charge >= 0.3 is 0 Å². The molecule has 2 aromatic rings. The quantitative estimate of drug-likeness (QED) is 0.895. The molecule has 0 aliphatic rings. The van der Waals surface area contributed by atoms with Crippen LogP contribution in [0.3, 0.4) is 0 Å². The maximum absolute atomic E-state index is 5.97. The summed E-state index contributed by atoms with van der Waals surface area (Å²) in [7, 11) is 0. The van der Waals surface area contributed by atoms with Gasteiger partial charge in [0.05, 0.1) is 0 Å². The molecule has 88 valence electrons. The standard InChI is InChI=1S/C14H14BrNS/c1-10(16)13-4-2-3-5-14(13)17-12-8-6-11(15)7-9-12/h2-10H,16H2,1H3/t10-/m0/s1. The smallest absolute Gasteiger partial charge is 0.0277 e. The molecule has 0 fully saturated rings. The molecule has 3 heteroatoms. The van der Waals surface area contributed by atoms with Crippen molar-refractivity contribution in [2.24, 2.45) is 5.73 Å².